The Kier molecular flexibility index (Phi) is 5.24. The zero-order valence-corrected chi connectivity index (χ0v) is 16.8. The highest BCUT2D eigenvalue weighted by atomic mass is 16.5. The summed E-state index contributed by atoms with van der Waals surface area (Å²) in [5.74, 6) is 1.46. The van der Waals surface area contributed by atoms with Gasteiger partial charge in [-0.15, -0.1) is 0 Å². The van der Waals surface area contributed by atoms with Crippen LogP contribution in [0.3, 0.4) is 0 Å². The van der Waals surface area contributed by atoms with Gasteiger partial charge in [0.1, 0.15) is 11.6 Å². The second-order valence-corrected chi connectivity index (χ2v) is 7.36. The van der Waals surface area contributed by atoms with E-state index in [1.165, 1.54) is 0 Å². The zero-order valence-electron chi connectivity index (χ0n) is 16.8. The largest absolute Gasteiger partial charge is 0.497 e. The van der Waals surface area contributed by atoms with Gasteiger partial charge in [-0.05, 0) is 37.1 Å². The molecule has 3 N–H and O–H groups in total. The predicted molar refractivity (Wildman–Crippen MR) is 113 cm³/mol. The first kappa shape index (κ1) is 19.0. The number of pyridine rings is 1. The van der Waals surface area contributed by atoms with Gasteiger partial charge in [0.25, 0.3) is 0 Å². The van der Waals surface area contributed by atoms with Crippen molar-refractivity contribution in [3.63, 3.8) is 0 Å². The Morgan fingerprint density at radius 3 is 3.07 bits per heavy atom. The van der Waals surface area contributed by atoms with E-state index < -0.39 is 0 Å². The predicted octanol–water partition coefficient (Wildman–Crippen LogP) is 2.74. The van der Waals surface area contributed by atoms with Gasteiger partial charge in [-0.25, -0.2) is 4.98 Å². The van der Waals surface area contributed by atoms with Crippen LogP contribution < -0.4 is 15.4 Å². The van der Waals surface area contributed by atoms with E-state index >= 15 is 0 Å². The average molecular weight is 394 g/mol. The fraction of sp³-hybridized carbons (Fsp3) is 0.381. The molecule has 3 aromatic rings. The Morgan fingerprint density at radius 2 is 2.24 bits per heavy atom. The summed E-state index contributed by atoms with van der Waals surface area (Å²) in [6.07, 6.45) is 2.34. The van der Waals surface area contributed by atoms with E-state index in [0.29, 0.717) is 24.4 Å². The number of likely N-dealkylation sites (tertiary alicyclic amines) is 1. The first-order valence-electron chi connectivity index (χ1n) is 9.82. The number of fused-ring (bicyclic) bond motifs is 1. The molecule has 0 radical (unpaired) electrons. The molecule has 0 aliphatic carbocycles. The minimum atomic E-state index is -0.00745. The second kappa shape index (κ2) is 7.98. The normalized spacial score (nSPS) is 16.3. The molecule has 0 saturated carbocycles. The topological polar surface area (TPSA) is 100 Å². The lowest BCUT2D eigenvalue weighted by Crippen LogP contribution is -2.33. The summed E-state index contributed by atoms with van der Waals surface area (Å²) >= 11 is 0. The number of rotatable bonds is 6. The number of ether oxygens (including phenoxy) is 1. The van der Waals surface area contributed by atoms with Crippen LogP contribution in [0.15, 0.2) is 36.4 Å². The number of carbonyl (C=O) groups excluding carboxylic acids is 1. The van der Waals surface area contributed by atoms with Crippen molar-refractivity contribution in [2.75, 3.05) is 37.9 Å². The molecule has 1 saturated heterocycles. The van der Waals surface area contributed by atoms with Crippen molar-refractivity contribution in [1.29, 1.82) is 0 Å². The van der Waals surface area contributed by atoms with Gasteiger partial charge in [-0.3, -0.25) is 9.89 Å². The third kappa shape index (κ3) is 3.83. The number of methoxy groups -OCH3 is 1. The van der Waals surface area contributed by atoms with Crippen molar-refractivity contribution in [2.24, 2.45) is 0 Å². The maximum Gasteiger partial charge on any atom is 0.224 e. The molecule has 0 spiro atoms. The summed E-state index contributed by atoms with van der Waals surface area (Å²) in [5.41, 5.74) is 8.35. The van der Waals surface area contributed by atoms with Crippen LogP contribution in [0, 0.1) is 0 Å². The monoisotopic (exact) mass is 394 g/mol. The van der Waals surface area contributed by atoms with Crippen molar-refractivity contribution in [3.05, 3.63) is 42.1 Å². The number of nitrogens with one attached hydrogen (secondary N) is 1. The van der Waals surface area contributed by atoms with Gasteiger partial charge in [-0.1, -0.05) is 6.07 Å². The molecule has 1 amide bonds. The molecule has 29 heavy (non-hydrogen) atoms. The fourth-order valence-corrected chi connectivity index (χ4v) is 3.87. The number of nitrogens with two attached hydrogens (primary N) is 1. The van der Waals surface area contributed by atoms with E-state index in [1.54, 1.807) is 7.11 Å². The summed E-state index contributed by atoms with van der Waals surface area (Å²) in [4.78, 5) is 21.6. The summed E-state index contributed by atoms with van der Waals surface area (Å²) < 4.78 is 5.28. The first-order chi connectivity index (χ1) is 14.1. The molecule has 4 rings (SSSR count). The van der Waals surface area contributed by atoms with E-state index in [-0.39, 0.29) is 11.9 Å². The maximum atomic E-state index is 13.0. The number of nitrogen functional groups attached to an aromatic ring is 1. The van der Waals surface area contributed by atoms with Gasteiger partial charge in [-0.2, -0.15) is 5.10 Å². The molecule has 3 heterocycles. The van der Waals surface area contributed by atoms with Crippen LogP contribution in [0.25, 0.3) is 11.0 Å². The maximum absolute atomic E-state index is 13.0. The lowest BCUT2D eigenvalue weighted by atomic mass is 10.1. The van der Waals surface area contributed by atoms with Gasteiger partial charge < -0.3 is 20.3 Å². The molecule has 1 aliphatic heterocycles. The van der Waals surface area contributed by atoms with E-state index in [9.17, 15) is 4.79 Å². The van der Waals surface area contributed by atoms with Crippen LogP contribution in [0.5, 0.6) is 5.75 Å². The van der Waals surface area contributed by atoms with Gasteiger partial charge in [0, 0.05) is 38.3 Å². The van der Waals surface area contributed by atoms with E-state index in [1.807, 2.05) is 48.3 Å². The number of carbonyl (C=O) groups is 1. The lowest BCUT2D eigenvalue weighted by Gasteiger charge is -2.26. The highest BCUT2D eigenvalue weighted by molar-refractivity contribution is 5.85. The van der Waals surface area contributed by atoms with E-state index in [4.69, 9.17) is 10.5 Å². The Hall–Kier alpha value is -3.29. The Balaban J connectivity index is 1.43. The second-order valence-electron chi connectivity index (χ2n) is 7.36. The number of H-pyrrole nitrogens is 1. The first-order valence-corrected chi connectivity index (χ1v) is 9.82. The van der Waals surface area contributed by atoms with Crippen molar-refractivity contribution < 1.29 is 9.53 Å². The number of hydrogen-bond donors (Lipinski definition) is 2. The van der Waals surface area contributed by atoms with Gasteiger partial charge >= 0.3 is 0 Å². The zero-order chi connectivity index (χ0) is 20.4. The molecule has 152 valence electrons. The number of hydrogen-bond acceptors (Lipinski definition) is 6. The number of aromatic amines is 1. The minimum Gasteiger partial charge on any atom is -0.497 e. The number of nitrogens with zero attached hydrogens (tertiary/aromatic N) is 4. The average Bonchev–Trinajstić information content (AvgIpc) is 3.38. The Bertz CT molecular complexity index is 1020. The molecule has 0 bridgehead atoms. The molecule has 0 unspecified atom stereocenters. The van der Waals surface area contributed by atoms with Crippen molar-refractivity contribution >= 4 is 28.4 Å². The van der Waals surface area contributed by atoms with Gasteiger partial charge in [0.15, 0.2) is 5.65 Å². The standard InChI is InChI=1S/C21H26N6O2/c1-26(14-5-3-6-15(13-14)29-2)12-10-19(28)27-11-4-7-18(27)17-9-8-16-20(22)24-25-21(16)23-17/h3,5-6,8-9,13,18H,4,7,10-12H2,1-2H3,(H3,22,23,24,25)/t18-/m1/s1. The molecule has 8 heteroatoms. The van der Waals surface area contributed by atoms with E-state index in [0.717, 1.165) is 41.9 Å². The van der Waals surface area contributed by atoms with Gasteiger partial charge in [0.05, 0.1) is 24.2 Å². The Morgan fingerprint density at radius 1 is 1.38 bits per heavy atom. The molecular formula is C21H26N6O2. The molecule has 1 aromatic carbocycles. The van der Waals surface area contributed by atoms with Crippen LogP contribution in [0.1, 0.15) is 31.0 Å². The van der Waals surface area contributed by atoms with Crippen LogP contribution in [0.4, 0.5) is 11.5 Å². The third-order valence-corrected chi connectivity index (χ3v) is 5.54. The highest BCUT2D eigenvalue weighted by Gasteiger charge is 2.31. The van der Waals surface area contributed by atoms with Crippen LogP contribution in [0.2, 0.25) is 0 Å². The fourth-order valence-electron chi connectivity index (χ4n) is 3.87. The lowest BCUT2D eigenvalue weighted by molar-refractivity contribution is -0.132. The third-order valence-electron chi connectivity index (χ3n) is 5.54. The van der Waals surface area contributed by atoms with E-state index in [2.05, 4.69) is 20.1 Å². The summed E-state index contributed by atoms with van der Waals surface area (Å²) in [6, 6.07) is 11.7. The quantitative estimate of drug-likeness (QED) is 0.667. The smallest absolute Gasteiger partial charge is 0.224 e. The summed E-state index contributed by atoms with van der Waals surface area (Å²) in [7, 11) is 3.64. The van der Waals surface area contributed by atoms with Crippen LogP contribution >= 0.6 is 0 Å². The molecular weight excluding hydrogens is 368 g/mol. The minimum absolute atomic E-state index is 0.00745. The highest BCUT2D eigenvalue weighted by Crippen LogP contribution is 2.32. The SMILES string of the molecule is COc1cccc(N(C)CCC(=O)N2CCC[C@@H]2c2ccc3c(N)[nH]nc3n2)c1. The molecule has 1 atom stereocenters. The van der Waals surface area contributed by atoms with Crippen molar-refractivity contribution in [1.82, 2.24) is 20.1 Å². The number of benzene rings is 1. The Labute approximate surface area is 169 Å². The van der Waals surface area contributed by atoms with Crippen molar-refractivity contribution in [2.45, 2.75) is 25.3 Å². The number of anilines is 2. The summed E-state index contributed by atoms with van der Waals surface area (Å²) in [6.45, 7) is 1.40. The number of aromatic nitrogens is 3. The number of amides is 1. The van der Waals surface area contributed by atoms with Crippen LogP contribution in [-0.2, 0) is 4.79 Å². The van der Waals surface area contributed by atoms with Gasteiger partial charge in [0.2, 0.25) is 5.91 Å². The molecule has 1 aliphatic rings. The molecule has 8 nitrogen and oxygen atoms in total. The molecule has 1 fully saturated rings. The van der Waals surface area contributed by atoms with Crippen molar-refractivity contribution in [3.8, 4) is 5.75 Å². The molecule has 2 aromatic heterocycles. The van der Waals surface area contributed by atoms with Crippen LogP contribution in [-0.4, -0.2) is 53.2 Å². The summed E-state index contributed by atoms with van der Waals surface area (Å²) in [5, 5.41) is 7.71.